The highest BCUT2D eigenvalue weighted by Gasteiger charge is 2.44. The molecule has 4 aromatic rings. The van der Waals surface area contributed by atoms with E-state index in [0.717, 1.165) is 56.3 Å². The Kier molecular flexibility index (Phi) is 13.0. The van der Waals surface area contributed by atoms with Gasteiger partial charge in [0.1, 0.15) is 0 Å². The first-order chi connectivity index (χ1) is 22.4. The molecule has 0 bridgehead atoms. The number of aliphatic hydroxyl groups excluding tert-OH is 1. The summed E-state index contributed by atoms with van der Waals surface area (Å²) in [5.74, 6) is -0.248. The number of nitrogens with zero attached hydrogens (tertiary/aromatic N) is 1. The van der Waals surface area contributed by atoms with E-state index < -0.39 is 17.7 Å². The molecule has 1 aliphatic rings. The number of carbonyl (C=O) groups is 1. The van der Waals surface area contributed by atoms with Gasteiger partial charge >= 0.3 is 5.97 Å². The number of fused-ring (bicyclic) bond motifs is 1. The van der Waals surface area contributed by atoms with Gasteiger partial charge in [-0.1, -0.05) is 62.4 Å². The molecule has 248 valence electrons. The topological polar surface area (TPSA) is 115 Å². The Bertz CT molecular complexity index is 1500. The third-order valence-corrected chi connectivity index (χ3v) is 11.0. The van der Waals surface area contributed by atoms with Gasteiger partial charge in [-0.15, -0.1) is 22.7 Å². The minimum atomic E-state index is -1.73. The number of hydrogen-bond acceptors (Lipinski definition) is 9. The van der Waals surface area contributed by atoms with Gasteiger partial charge in [0.05, 0.1) is 22.5 Å². The van der Waals surface area contributed by atoms with E-state index in [4.69, 9.17) is 4.74 Å². The molecule has 1 aliphatic heterocycles. The van der Waals surface area contributed by atoms with Crippen LogP contribution in [0.4, 0.5) is 0 Å². The summed E-state index contributed by atoms with van der Waals surface area (Å²) in [5, 5.41) is 30.0. The van der Waals surface area contributed by atoms with E-state index in [1.165, 1.54) is 67.3 Å². The summed E-state index contributed by atoms with van der Waals surface area (Å²) in [7, 11) is 0. The van der Waals surface area contributed by atoms with E-state index in [1.807, 2.05) is 47.2 Å². The van der Waals surface area contributed by atoms with Crippen molar-refractivity contribution in [3.8, 4) is 0 Å². The van der Waals surface area contributed by atoms with Gasteiger partial charge in [0.25, 0.3) is 0 Å². The van der Waals surface area contributed by atoms with Gasteiger partial charge in [-0.2, -0.15) is 0 Å². The molecule has 1 saturated heterocycles. The first-order valence-electron chi connectivity index (χ1n) is 16.7. The molecular weight excluding hydrogens is 619 g/mol. The molecule has 46 heavy (non-hydrogen) atoms. The molecule has 0 saturated carbocycles. The number of aromatic amines is 1. The van der Waals surface area contributed by atoms with E-state index in [-0.39, 0.29) is 5.56 Å². The number of piperidine rings is 1. The van der Waals surface area contributed by atoms with Gasteiger partial charge < -0.3 is 30.2 Å². The normalized spacial score (nSPS) is 15.3. The Labute approximate surface area is 279 Å². The number of thiophene rings is 2. The summed E-state index contributed by atoms with van der Waals surface area (Å²) in [6, 6.07) is 16.3. The van der Waals surface area contributed by atoms with Crippen molar-refractivity contribution in [2.24, 2.45) is 5.92 Å². The first kappa shape index (κ1) is 34.5. The van der Waals surface area contributed by atoms with Crippen LogP contribution in [0, 0.1) is 5.92 Å². The summed E-state index contributed by atoms with van der Waals surface area (Å²) in [6.07, 6.45) is 9.74. The van der Waals surface area contributed by atoms with E-state index >= 15 is 0 Å². The highest BCUT2D eigenvalue weighted by Crippen LogP contribution is 2.37. The lowest BCUT2D eigenvalue weighted by atomic mass is 9.96. The number of likely N-dealkylation sites (tertiary alicyclic amines) is 1. The van der Waals surface area contributed by atoms with E-state index in [0.29, 0.717) is 34.4 Å². The van der Waals surface area contributed by atoms with Crippen molar-refractivity contribution < 1.29 is 19.7 Å². The van der Waals surface area contributed by atoms with Crippen LogP contribution >= 0.6 is 22.7 Å². The number of hydrogen-bond donors (Lipinski definition) is 4. The molecule has 0 radical (unpaired) electrons. The number of aromatic nitrogens is 1. The van der Waals surface area contributed by atoms with Crippen LogP contribution in [0.3, 0.4) is 0 Å². The molecule has 0 unspecified atom stereocenters. The Morgan fingerprint density at radius 2 is 1.61 bits per heavy atom. The number of carbonyl (C=O) groups excluding carboxylic acids is 1. The number of aliphatic hydroxyl groups is 2. The minimum absolute atomic E-state index is 0.192. The third-order valence-electron chi connectivity index (χ3n) is 9.02. The average Bonchev–Trinajstić information content (AvgIpc) is 3.82. The molecule has 5 rings (SSSR count). The van der Waals surface area contributed by atoms with Crippen molar-refractivity contribution >= 4 is 39.5 Å². The molecule has 10 heteroatoms. The molecule has 4 heterocycles. The summed E-state index contributed by atoms with van der Waals surface area (Å²) in [4.78, 5) is 31.6. The van der Waals surface area contributed by atoms with Crippen LogP contribution < -0.4 is 10.9 Å². The monoisotopic (exact) mass is 665 g/mol. The van der Waals surface area contributed by atoms with Crippen molar-refractivity contribution in [1.29, 1.82) is 0 Å². The predicted octanol–water partition coefficient (Wildman–Crippen LogP) is 6.20. The quantitative estimate of drug-likeness (QED) is 0.0740. The molecule has 0 spiro atoms. The SMILES string of the molecule is O=C(OCC1CCN(CCCCCCCCCNC[C@H](O)c2cc(=O)[nH]c3ccccc23)CC1)C(O)(c1cccs1)c1cccs1. The van der Waals surface area contributed by atoms with Crippen LogP contribution in [0.1, 0.15) is 79.2 Å². The van der Waals surface area contributed by atoms with Crippen molar-refractivity contribution in [2.75, 3.05) is 39.3 Å². The third kappa shape index (κ3) is 9.14. The summed E-state index contributed by atoms with van der Waals surface area (Å²) in [5.41, 5.74) is -0.500. The zero-order valence-electron chi connectivity index (χ0n) is 26.5. The summed E-state index contributed by atoms with van der Waals surface area (Å²) < 4.78 is 5.72. The number of nitrogens with one attached hydrogen (secondary N) is 2. The van der Waals surface area contributed by atoms with Crippen molar-refractivity contribution in [1.82, 2.24) is 15.2 Å². The van der Waals surface area contributed by atoms with E-state index in [9.17, 15) is 19.8 Å². The van der Waals surface area contributed by atoms with Crippen LogP contribution in [-0.2, 0) is 15.1 Å². The fourth-order valence-electron chi connectivity index (χ4n) is 6.29. The molecule has 8 nitrogen and oxygen atoms in total. The van der Waals surface area contributed by atoms with Crippen LogP contribution in [0.2, 0.25) is 0 Å². The predicted molar refractivity (Wildman–Crippen MR) is 186 cm³/mol. The molecule has 1 aromatic carbocycles. The van der Waals surface area contributed by atoms with Gasteiger partial charge in [0, 0.05) is 23.5 Å². The number of pyridine rings is 1. The molecular formula is C36H47N3O5S2. The highest BCUT2D eigenvalue weighted by molar-refractivity contribution is 7.12. The molecule has 0 aliphatic carbocycles. The summed E-state index contributed by atoms with van der Waals surface area (Å²) in [6.45, 7) is 4.83. The van der Waals surface area contributed by atoms with Crippen LogP contribution in [0.25, 0.3) is 10.9 Å². The van der Waals surface area contributed by atoms with E-state index in [1.54, 1.807) is 12.1 Å². The average molecular weight is 666 g/mol. The standard InChI is InChI=1S/C36H47N3O5S2/c40-31(29-24-34(41)38-30-13-7-6-12-28(29)30)25-37-18-8-4-2-1-3-5-9-19-39-20-16-27(17-21-39)26-44-35(42)36(43,32-14-10-22-45-32)33-15-11-23-46-33/h6-7,10-15,22-24,27,31,37,40,43H,1-5,8-9,16-21,25-26H2,(H,38,41)/t31-/m0/s1. The molecule has 4 N–H and O–H groups in total. The number of esters is 1. The number of H-pyrrole nitrogens is 1. The van der Waals surface area contributed by atoms with Crippen molar-refractivity contribution in [2.45, 2.75) is 69.5 Å². The molecule has 1 atom stereocenters. The largest absolute Gasteiger partial charge is 0.463 e. The zero-order chi connectivity index (χ0) is 32.2. The molecule has 0 amide bonds. The number of para-hydroxylation sites is 1. The van der Waals surface area contributed by atoms with Gasteiger partial charge in [-0.3, -0.25) is 4.79 Å². The molecule has 3 aromatic heterocycles. The van der Waals surface area contributed by atoms with Gasteiger partial charge in [0.2, 0.25) is 11.2 Å². The number of unbranched alkanes of at least 4 members (excludes halogenated alkanes) is 6. The fraction of sp³-hybridized carbons (Fsp3) is 0.500. The number of ether oxygens (including phenoxy) is 1. The maximum Gasteiger partial charge on any atom is 0.349 e. The zero-order valence-corrected chi connectivity index (χ0v) is 28.1. The second kappa shape index (κ2) is 17.3. The minimum Gasteiger partial charge on any atom is -0.463 e. The van der Waals surface area contributed by atoms with Crippen molar-refractivity contribution in [3.63, 3.8) is 0 Å². The Morgan fingerprint density at radius 3 is 2.28 bits per heavy atom. The van der Waals surface area contributed by atoms with Crippen molar-refractivity contribution in [3.05, 3.63) is 91.0 Å². The lowest BCUT2D eigenvalue weighted by molar-refractivity contribution is -0.163. The van der Waals surface area contributed by atoms with Crippen LogP contribution in [0.15, 0.2) is 70.2 Å². The van der Waals surface area contributed by atoms with Gasteiger partial charge in [-0.05, 0) is 92.3 Å². The fourth-order valence-corrected chi connectivity index (χ4v) is 8.01. The Morgan fingerprint density at radius 1 is 0.957 bits per heavy atom. The smallest absolute Gasteiger partial charge is 0.349 e. The number of benzene rings is 1. The van der Waals surface area contributed by atoms with E-state index in [2.05, 4.69) is 15.2 Å². The Hall–Kier alpha value is -2.86. The highest BCUT2D eigenvalue weighted by atomic mass is 32.1. The second-order valence-electron chi connectivity index (χ2n) is 12.4. The lowest BCUT2D eigenvalue weighted by Gasteiger charge is -2.32. The Balaban J connectivity index is 0.877. The lowest BCUT2D eigenvalue weighted by Crippen LogP contribution is -2.40. The maximum atomic E-state index is 13.1. The number of rotatable bonds is 18. The molecule has 1 fully saturated rings. The van der Waals surface area contributed by atoms with Gasteiger partial charge in [-0.25, -0.2) is 4.79 Å². The van der Waals surface area contributed by atoms with Gasteiger partial charge in [0.15, 0.2) is 0 Å². The summed E-state index contributed by atoms with van der Waals surface area (Å²) >= 11 is 2.73. The van der Waals surface area contributed by atoms with Crippen LogP contribution in [0.5, 0.6) is 0 Å². The van der Waals surface area contributed by atoms with Crippen LogP contribution in [-0.4, -0.2) is 65.4 Å². The first-order valence-corrected chi connectivity index (χ1v) is 18.4. The second-order valence-corrected chi connectivity index (χ2v) is 14.3. The maximum absolute atomic E-state index is 13.1.